The fourth-order valence-corrected chi connectivity index (χ4v) is 3.99. The maximum Gasteiger partial charge on any atom is 0.338 e. The van der Waals surface area contributed by atoms with E-state index in [9.17, 15) is 14.0 Å². The first-order chi connectivity index (χ1) is 14.2. The van der Waals surface area contributed by atoms with E-state index in [1.807, 2.05) is 0 Å². The molecular weight excluding hydrogens is 409 g/mol. The van der Waals surface area contributed by atoms with Gasteiger partial charge in [-0.3, -0.25) is 9.69 Å². The number of thiocarbonyl (C=S) groups is 1. The summed E-state index contributed by atoms with van der Waals surface area (Å²) in [6, 6.07) is 10.5. The molecule has 30 heavy (non-hydrogen) atoms. The summed E-state index contributed by atoms with van der Waals surface area (Å²) in [4.78, 5) is 27.3. The lowest BCUT2D eigenvalue weighted by molar-refractivity contribution is -0.122. The van der Waals surface area contributed by atoms with Crippen molar-refractivity contribution < 1.29 is 23.8 Å². The zero-order valence-corrected chi connectivity index (χ0v) is 17.3. The number of carbonyl (C=O) groups excluding carboxylic acids is 1. The van der Waals surface area contributed by atoms with E-state index >= 15 is 0 Å². The van der Waals surface area contributed by atoms with Crippen LogP contribution in [-0.4, -0.2) is 41.4 Å². The maximum absolute atomic E-state index is 14.4. The Balaban J connectivity index is 2.13. The average molecular weight is 427 g/mol. The summed E-state index contributed by atoms with van der Waals surface area (Å²) in [6.07, 6.45) is 0. The summed E-state index contributed by atoms with van der Waals surface area (Å²) < 4.78 is 19.6. The first-order valence-corrected chi connectivity index (χ1v) is 9.28. The molecule has 0 bridgehead atoms. The van der Waals surface area contributed by atoms with E-state index in [2.05, 4.69) is 6.07 Å². The number of ether oxygens (including phenoxy) is 1. The zero-order chi connectivity index (χ0) is 22.2. The molecule has 1 amide bonds. The van der Waals surface area contributed by atoms with Crippen molar-refractivity contribution in [3.05, 3.63) is 58.9 Å². The largest absolute Gasteiger partial charge is 0.478 e. The van der Waals surface area contributed by atoms with Gasteiger partial charge in [-0.2, -0.15) is 5.26 Å². The fraction of sp³-hybridized carbons (Fsp3) is 0.238. The monoisotopic (exact) mass is 427 g/mol. The van der Waals surface area contributed by atoms with Crippen LogP contribution in [0.1, 0.15) is 28.4 Å². The van der Waals surface area contributed by atoms with Crippen molar-refractivity contribution in [1.82, 2.24) is 0 Å². The molecule has 0 radical (unpaired) electrons. The lowest BCUT2D eigenvalue weighted by Crippen LogP contribution is -2.51. The van der Waals surface area contributed by atoms with Crippen LogP contribution >= 0.6 is 12.2 Å². The summed E-state index contributed by atoms with van der Waals surface area (Å²) in [6.45, 7) is 3.32. The minimum Gasteiger partial charge on any atom is -0.478 e. The summed E-state index contributed by atoms with van der Waals surface area (Å²) in [5.41, 5.74) is 0.0686. The van der Waals surface area contributed by atoms with E-state index in [0.29, 0.717) is 16.8 Å². The molecular formula is C21H18FN3O4S. The van der Waals surface area contributed by atoms with E-state index in [-0.39, 0.29) is 23.3 Å². The standard InChI is InChI=1S/C21H18FN3O4S/c1-12-8-14(5-4-13(12)10-23)24-19(28)21(2,11-29-3)25(20(24)30)15-6-7-16(18(26)27)17(22)9-15/h4-9H,11H2,1-3H3,(H,26,27). The van der Waals surface area contributed by atoms with Crippen molar-refractivity contribution in [2.45, 2.75) is 19.4 Å². The summed E-state index contributed by atoms with van der Waals surface area (Å²) >= 11 is 5.57. The van der Waals surface area contributed by atoms with Crippen LogP contribution in [0.3, 0.4) is 0 Å². The van der Waals surface area contributed by atoms with Crippen molar-refractivity contribution in [3.63, 3.8) is 0 Å². The molecule has 1 N–H and O–H groups in total. The third kappa shape index (κ3) is 3.30. The molecule has 1 saturated heterocycles. The summed E-state index contributed by atoms with van der Waals surface area (Å²) in [7, 11) is 1.43. The first-order valence-electron chi connectivity index (χ1n) is 8.87. The molecule has 1 fully saturated rings. The number of carboxylic acids is 1. The Morgan fingerprint density at radius 2 is 1.97 bits per heavy atom. The van der Waals surface area contributed by atoms with Gasteiger partial charge in [-0.05, 0) is 68.0 Å². The number of nitrogens with zero attached hydrogens (tertiary/aromatic N) is 3. The molecule has 9 heteroatoms. The van der Waals surface area contributed by atoms with Gasteiger partial charge in [0.05, 0.1) is 29.5 Å². The van der Waals surface area contributed by atoms with E-state index in [4.69, 9.17) is 27.3 Å². The van der Waals surface area contributed by atoms with Gasteiger partial charge in [0.2, 0.25) is 0 Å². The van der Waals surface area contributed by atoms with E-state index < -0.39 is 22.9 Å². The van der Waals surface area contributed by atoms with Gasteiger partial charge in [0, 0.05) is 12.8 Å². The van der Waals surface area contributed by atoms with Gasteiger partial charge in [-0.15, -0.1) is 0 Å². The third-order valence-electron chi connectivity index (χ3n) is 5.00. The number of carbonyl (C=O) groups is 2. The van der Waals surface area contributed by atoms with Gasteiger partial charge >= 0.3 is 5.97 Å². The predicted molar refractivity (Wildman–Crippen MR) is 112 cm³/mol. The van der Waals surface area contributed by atoms with Crippen LogP contribution in [0.5, 0.6) is 0 Å². The Kier molecular flexibility index (Phi) is 5.57. The lowest BCUT2D eigenvalue weighted by atomic mass is 10.00. The van der Waals surface area contributed by atoms with Gasteiger partial charge in [-0.1, -0.05) is 0 Å². The van der Waals surface area contributed by atoms with Crippen LogP contribution in [0.2, 0.25) is 0 Å². The topological polar surface area (TPSA) is 93.9 Å². The van der Waals surface area contributed by atoms with Crippen molar-refractivity contribution >= 4 is 40.6 Å². The van der Waals surface area contributed by atoms with Gasteiger partial charge in [0.1, 0.15) is 11.4 Å². The van der Waals surface area contributed by atoms with E-state index in [1.54, 1.807) is 32.0 Å². The summed E-state index contributed by atoms with van der Waals surface area (Å²) in [5, 5.41) is 18.3. The number of rotatable bonds is 5. The van der Waals surface area contributed by atoms with Crippen molar-refractivity contribution in [3.8, 4) is 6.07 Å². The van der Waals surface area contributed by atoms with Crippen LogP contribution < -0.4 is 9.80 Å². The second-order valence-electron chi connectivity index (χ2n) is 7.05. The molecule has 1 aliphatic rings. The van der Waals surface area contributed by atoms with Gasteiger partial charge < -0.3 is 14.7 Å². The number of halogens is 1. The number of carboxylic acid groups (broad SMARTS) is 1. The molecule has 0 saturated carbocycles. The number of benzene rings is 2. The Bertz CT molecular complexity index is 1110. The van der Waals surface area contributed by atoms with Gasteiger partial charge in [0.15, 0.2) is 5.11 Å². The molecule has 2 aromatic carbocycles. The molecule has 1 unspecified atom stereocenters. The average Bonchev–Trinajstić information content (AvgIpc) is 2.87. The highest BCUT2D eigenvalue weighted by atomic mass is 32.1. The van der Waals surface area contributed by atoms with Crippen molar-refractivity contribution in [2.24, 2.45) is 0 Å². The highest BCUT2D eigenvalue weighted by Crippen LogP contribution is 2.37. The zero-order valence-electron chi connectivity index (χ0n) is 16.5. The SMILES string of the molecule is COCC1(C)C(=O)N(c2ccc(C#N)c(C)c2)C(=S)N1c1ccc(C(=O)O)c(F)c1. The molecule has 2 aromatic rings. The number of anilines is 2. The number of amides is 1. The Labute approximate surface area is 177 Å². The molecule has 3 rings (SSSR count). The Morgan fingerprint density at radius 1 is 1.30 bits per heavy atom. The molecule has 1 aliphatic heterocycles. The highest BCUT2D eigenvalue weighted by molar-refractivity contribution is 7.81. The second kappa shape index (κ2) is 7.82. The first kappa shape index (κ1) is 21.4. The Hall–Kier alpha value is -3.35. The number of nitriles is 1. The highest BCUT2D eigenvalue weighted by Gasteiger charge is 2.53. The van der Waals surface area contributed by atoms with Crippen LogP contribution in [-0.2, 0) is 9.53 Å². The van der Waals surface area contributed by atoms with E-state index in [1.165, 1.54) is 23.0 Å². The number of methoxy groups -OCH3 is 1. The molecule has 0 spiro atoms. The van der Waals surface area contributed by atoms with Crippen LogP contribution in [0.4, 0.5) is 15.8 Å². The second-order valence-corrected chi connectivity index (χ2v) is 7.41. The van der Waals surface area contributed by atoms with Crippen molar-refractivity contribution in [1.29, 1.82) is 5.26 Å². The summed E-state index contributed by atoms with van der Waals surface area (Å²) in [5.74, 6) is -2.72. The van der Waals surface area contributed by atoms with Crippen LogP contribution in [0, 0.1) is 24.1 Å². The van der Waals surface area contributed by atoms with Crippen LogP contribution in [0.15, 0.2) is 36.4 Å². The van der Waals surface area contributed by atoms with E-state index in [0.717, 1.165) is 12.1 Å². The number of hydrogen-bond donors (Lipinski definition) is 1. The minimum absolute atomic E-state index is 0.0416. The number of hydrogen-bond acceptors (Lipinski definition) is 5. The number of aryl methyl sites for hydroxylation is 1. The quantitative estimate of drug-likeness (QED) is 0.732. The lowest BCUT2D eigenvalue weighted by Gasteiger charge is -2.32. The smallest absolute Gasteiger partial charge is 0.338 e. The predicted octanol–water partition coefficient (Wildman–Crippen LogP) is 3.25. The molecule has 154 valence electrons. The minimum atomic E-state index is -1.39. The Morgan fingerprint density at radius 3 is 2.50 bits per heavy atom. The van der Waals surface area contributed by atoms with Crippen molar-refractivity contribution in [2.75, 3.05) is 23.5 Å². The fourth-order valence-electron chi connectivity index (χ4n) is 3.49. The maximum atomic E-state index is 14.4. The molecule has 1 atom stereocenters. The van der Waals surface area contributed by atoms with Gasteiger partial charge in [-0.25, -0.2) is 9.18 Å². The molecule has 0 aromatic heterocycles. The third-order valence-corrected chi connectivity index (χ3v) is 5.36. The van der Waals surface area contributed by atoms with Crippen LogP contribution in [0.25, 0.3) is 0 Å². The molecule has 1 heterocycles. The molecule has 0 aliphatic carbocycles. The normalized spacial score (nSPS) is 18.6. The number of aromatic carboxylic acids is 1. The van der Waals surface area contributed by atoms with Gasteiger partial charge in [0.25, 0.3) is 5.91 Å². The molecule has 7 nitrogen and oxygen atoms in total.